The van der Waals surface area contributed by atoms with Gasteiger partial charge in [0.25, 0.3) is 0 Å². The van der Waals surface area contributed by atoms with Crippen molar-refractivity contribution in [2.24, 2.45) is 5.92 Å². The molecule has 2 fully saturated rings. The average molecular weight is 240 g/mol. The van der Waals surface area contributed by atoms with Crippen molar-refractivity contribution in [1.82, 2.24) is 10.2 Å². The molecule has 1 aliphatic carbocycles. The third-order valence-electron chi connectivity index (χ3n) is 3.92. The highest BCUT2D eigenvalue weighted by Gasteiger charge is 2.34. The number of hydrogen-bond acceptors (Lipinski definition) is 1. The van der Waals surface area contributed by atoms with E-state index in [4.69, 9.17) is 12.2 Å². The van der Waals surface area contributed by atoms with Gasteiger partial charge in [0.2, 0.25) is 0 Å². The Kier molecular flexibility index (Phi) is 4.06. The molecule has 0 amide bonds. The van der Waals surface area contributed by atoms with Crippen LogP contribution in [-0.2, 0) is 0 Å². The van der Waals surface area contributed by atoms with Crippen LogP contribution in [0.1, 0.15) is 52.4 Å². The van der Waals surface area contributed by atoms with Crippen molar-refractivity contribution in [3.8, 4) is 0 Å². The molecule has 2 aliphatic rings. The van der Waals surface area contributed by atoms with Crippen LogP contribution in [0, 0.1) is 5.92 Å². The first kappa shape index (κ1) is 12.2. The Bertz CT molecular complexity index is 250. The largest absolute Gasteiger partial charge is 0.360 e. The van der Waals surface area contributed by atoms with Crippen molar-refractivity contribution in [3.05, 3.63) is 0 Å². The van der Waals surface area contributed by atoms with Gasteiger partial charge >= 0.3 is 0 Å². The topological polar surface area (TPSA) is 15.3 Å². The molecular weight excluding hydrogens is 216 g/mol. The molecule has 0 aromatic heterocycles. The van der Waals surface area contributed by atoms with Crippen molar-refractivity contribution < 1.29 is 0 Å². The summed E-state index contributed by atoms with van der Waals surface area (Å²) in [6.07, 6.45) is 8.34. The molecule has 2 nitrogen and oxygen atoms in total. The number of likely N-dealkylation sites (tertiary alicyclic amines) is 1. The molecule has 0 spiro atoms. The van der Waals surface area contributed by atoms with E-state index in [0.29, 0.717) is 6.04 Å². The van der Waals surface area contributed by atoms with Crippen LogP contribution in [0.15, 0.2) is 0 Å². The van der Waals surface area contributed by atoms with Crippen LogP contribution in [0.4, 0.5) is 0 Å². The van der Waals surface area contributed by atoms with Crippen LogP contribution in [-0.4, -0.2) is 28.6 Å². The lowest BCUT2D eigenvalue weighted by atomic mass is 9.78. The highest BCUT2D eigenvalue weighted by Crippen LogP contribution is 2.35. The minimum absolute atomic E-state index is 0.455. The molecule has 1 heterocycles. The molecule has 2 atom stereocenters. The lowest BCUT2D eigenvalue weighted by molar-refractivity contribution is 0.118. The zero-order valence-electron chi connectivity index (χ0n) is 10.5. The molecule has 0 radical (unpaired) electrons. The molecular formula is C13H24N2S. The first-order chi connectivity index (χ1) is 7.68. The maximum atomic E-state index is 5.53. The summed E-state index contributed by atoms with van der Waals surface area (Å²) < 4.78 is 0. The lowest BCUT2D eigenvalue weighted by Gasteiger charge is -2.45. The normalized spacial score (nSPS) is 30.1. The van der Waals surface area contributed by atoms with Crippen LogP contribution >= 0.6 is 12.2 Å². The predicted molar refractivity (Wildman–Crippen MR) is 72.6 cm³/mol. The van der Waals surface area contributed by atoms with Gasteiger partial charge in [0.1, 0.15) is 0 Å². The summed E-state index contributed by atoms with van der Waals surface area (Å²) in [7, 11) is 0. The van der Waals surface area contributed by atoms with Crippen LogP contribution < -0.4 is 5.32 Å². The number of nitrogens with one attached hydrogen (secondary N) is 1. The van der Waals surface area contributed by atoms with E-state index in [1.54, 1.807) is 0 Å². The molecule has 2 rings (SSSR count). The molecule has 92 valence electrons. The molecule has 0 aromatic carbocycles. The lowest BCUT2D eigenvalue weighted by Crippen LogP contribution is -2.54. The standard InChI is InChI=1S/C13H24N2S/c1-10(2)14-13(16)15-9-5-7-11-6-3-4-8-12(11)15/h10-12H,3-9H2,1-2H3,(H,14,16). The van der Waals surface area contributed by atoms with Crippen molar-refractivity contribution in [1.29, 1.82) is 0 Å². The van der Waals surface area contributed by atoms with Gasteiger partial charge in [0, 0.05) is 18.6 Å². The second kappa shape index (κ2) is 5.35. The third-order valence-corrected chi connectivity index (χ3v) is 4.27. The van der Waals surface area contributed by atoms with Gasteiger partial charge in [-0.25, -0.2) is 0 Å². The molecule has 16 heavy (non-hydrogen) atoms. The fourth-order valence-electron chi connectivity index (χ4n) is 3.21. The van der Waals surface area contributed by atoms with Gasteiger partial charge in [-0.15, -0.1) is 0 Å². The van der Waals surface area contributed by atoms with E-state index < -0.39 is 0 Å². The first-order valence-electron chi connectivity index (χ1n) is 6.75. The molecule has 1 aliphatic heterocycles. The maximum absolute atomic E-state index is 5.53. The zero-order valence-corrected chi connectivity index (χ0v) is 11.4. The Hall–Kier alpha value is -0.310. The highest BCUT2D eigenvalue weighted by molar-refractivity contribution is 7.80. The summed E-state index contributed by atoms with van der Waals surface area (Å²) in [4.78, 5) is 2.47. The summed E-state index contributed by atoms with van der Waals surface area (Å²) >= 11 is 5.53. The Labute approximate surface area is 105 Å². The summed E-state index contributed by atoms with van der Waals surface area (Å²) in [5, 5.41) is 4.40. The fourth-order valence-corrected chi connectivity index (χ4v) is 3.67. The predicted octanol–water partition coefficient (Wildman–Crippen LogP) is 2.92. The molecule has 1 N–H and O–H groups in total. The van der Waals surface area contributed by atoms with Gasteiger partial charge < -0.3 is 10.2 Å². The zero-order chi connectivity index (χ0) is 11.5. The second-order valence-corrected chi connectivity index (χ2v) is 5.94. The SMILES string of the molecule is CC(C)NC(=S)N1CCCC2CCCCC21. The smallest absolute Gasteiger partial charge is 0.169 e. The Morgan fingerprint density at radius 2 is 1.88 bits per heavy atom. The van der Waals surface area contributed by atoms with Gasteiger partial charge in [-0.2, -0.15) is 0 Å². The van der Waals surface area contributed by atoms with Gasteiger partial charge in [0.05, 0.1) is 0 Å². The van der Waals surface area contributed by atoms with Crippen molar-refractivity contribution >= 4 is 17.3 Å². The van der Waals surface area contributed by atoms with Gasteiger partial charge in [0.15, 0.2) is 5.11 Å². The van der Waals surface area contributed by atoms with Crippen LogP contribution in [0.2, 0.25) is 0 Å². The molecule has 0 aromatic rings. The second-order valence-electron chi connectivity index (χ2n) is 5.55. The number of fused-ring (bicyclic) bond motifs is 1. The quantitative estimate of drug-likeness (QED) is 0.710. The molecule has 3 heteroatoms. The van der Waals surface area contributed by atoms with E-state index in [9.17, 15) is 0 Å². The monoisotopic (exact) mass is 240 g/mol. The number of rotatable bonds is 1. The number of piperidine rings is 1. The van der Waals surface area contributed by atoms with E-state index in [1.807, 2.05) is 0 Å². The van der Waals surface area contributed by atoms with Crippen LogP contribution in [0.3, 0.4) is 0 Å². The minimum Gasteiger partial charge on any atom is -0.360 e. The summed E-state index contributed by atoms with van der Waals surface area (Å²) in [5.74, 6) is 0.911. The van der Waals surface area contributed by atoms with Crippen molar-refractivity contribution in [2.75, 3.05) is 6.54 Å². The van der Waals surface area contributed by atoms with Gasteiger partial charge in [-0.05, 0) is 57.7 Å². The van der Waals surface area contributed by atoms with E-state index in [2.05, 4.69) is 24.1 Å². The first-order valence-corrected chi connectivity index (χ1v) is 7.16. The third kappa shape index (κ3) is 2.68. The van der Waals surface area contributed by atoms with Crippen LogP contribution in [0.5, 0.6) is 0 Å². The fraction of sp³-hybridized carbons (Fsp3) is 0.923. The number of nitrogens with zero attached hydrogens (tertiary/aromatic N) is 1. The highest BCUT2D eigenvalue weighted by atomic mass is 32.1. The maximum Gasteiger partial charge on any atom is 0.169 e. The molecule has 1 saturated heterocycles. The molecule has 2 unspecified atom stereocenters. The van der Waals surface area contributed by atoms with E-state index in [-0.39, 0.29) is 0 Å². The summed E-state index contributed by atoms with van der Waals surface area (Å²) in [6.45, 7) is 5.49. The van der Waals surface area contributed by atoms with Gasteiger partial charge in [-0.3, -0.25) is 0 Å². The van der Waals surface area contributed by atoms with E-state index in [1.165, 1.54) is 45.1 Å². The average Bonchev–Trinajstić information content (AvgIpc) is 2.27. The van der Waals surface area contributed by atoms with Crippen molar-refractivity contribution in [2.45, 2.75) is 64.5 Å². The van der Waals surface area contributed by atoms with E-state index >= 15 is 0 Å². The molecule has 1 saturated carbocycles. The summed E-state index contributed by atoms with van der Waals surface area (Å²) in [5.41, 5.74) is 0. The minimum atomic E-state index is 0.455. The number of thiocarbonyl (C=S) groups is 1. The van der Waals surface area contributed by atoms with Gasteiger partial charge in [-0.1, -0.05) is 12.8 Å². The van der Waals surface area contributed by atoms with Crippen molar-refractivity contribution in [3.63, 3.8) is 0 Å². The Morgan fingerprint density at radius 1 is 1.19 bits per heavy atom. The summed E-state index contributed by atoms with van der Waals surface area (Å²) in [6, 6.07) is 1.19. The Balaban J connectivity index is 1.99. The number of hydrogen-bond donors (Lipinski definition) is 1. The Morgan fingerprint density at radius 3 is 2.62 bits per heavy atom. The van der Waals surface area contributed by atoms with E-state index in [0.717, 1.165) is 17.1 Å². The van der Waals surface area contributed by atoms with Crippen LogP contribution in [0.25, 0.3) is 0 Å². The molecule has 0 bridgehead atoms.